The van der Waals surface area contributed by atoms with Crippen LogP contribution in [0.3, 0.4) is 0 Å². The van der Waals surface area contributed by atoms with Gasteiger partial charge >= 0.3 is 0 Å². The monoisotopic (exact) mass is 397 g/mol. The van der Waals surface area contributed by atoms with E-state index in [-0.39, 0.29) is 0 Å². The Morgan fingerprint density at radius 2 is 1.69 bits per heavy atom. The minimum atomic E-state index is 0.623. The minimum absolute atomic E-state index is 0.623. The average molecular weight is 398 g/mol. The summed E-state index contributed by atoms with van der Waals surface area (Å²) in [5, 5.41) is 3.63. The summed E-state index contributed by atoms with van der Waals surface area (Å²) in [5.41, 5.74) is 2.86. The molecule has 160 valence electrons. The molecule has 0 aliphatic carbocycles. The molecule has 0 radical (unpaired) electrons. The highest BCUT2D eigenvalue weighted by molar-refractivity contribution is 5.80. The molecule has 0 saturated carbocycles. The van der Waals surface area contributed by atoms with Gasteiger partial charge in [0.1, 0.15) is 0 Å². The fourth-order valence-electron chi connectivity index (χ4n) is 4.33. The van der Waals surface area contributed by atoms with Gasteiger partial charge in [-0.2, -0.15) is 0 Å². The Hall–Kier alpha value is -1.85. The standard InChI is InChI=1S/C24H39N5/c1-4-27-14-16-28(17-15-27)20-21(2)19-26-24(25-3)29-12-10-23(11-13-29)18-22-8-6-5-7-9-22/h5-9,18,21H,4,10-17,19-20H2,1-3H3,(H,25,26). The third-order valence-electron chi connectivity index (χ3n) is 6.18. The predicted octanol–water partition coefficient (Wildman–Crippen LogP) is 3.01. The molecule has 3 rings (SSSR count). The first-order valence-corrected chi connectivity index (χ1v) is 11.3. The molecule has 2 aliphatic heterocycles. The van der Waals surface area contributed by atoms with E-state index in [1.807, 2.05) is 7.05 Å². The van der Waals surface area contributed by atoms with Crippen molar-refractivity contribution < 1.29 is 0 Å². The van der Waals surface area contributed by atoms with Crippen molar-refractivity contribution in [2.24, 2.45) is 10.9 Å². The van der Waals surface area contributed by atoms with Gasteiger partial charge in [-0.1, -0.05) is 55.8 Å². The average Bonchev–Trinajstić information content (AvgIpc) is 2.76. The molecule has 2 fully saturated rings. The van der Waals surface area contributed by atoms with Crippen LogP contribution in [0.1, 0.15) is 32.3 Å². The molecule has 1 unspecified atom stereocenters. The highest BCUT2D eigenvalue weighted by Gasteiger charge is 2.20. The number of nitrogens with one attached hydrogen (secondary N) is 1. The Labute approximate surface area is 177 Å². The third-order valence-corrected chi connectivity index (χ3v) is 6.18. The molecule has 5 nitrogen and oxygen atoms in total. The van der Waals surface area contributed by atoms with Crippen LogP contribution < -0.4 is 5.32 Å². The van der Waals surface area contributed by atoms with Crippen LogP contribution in [0.15, 0.2) is 40.9 Å². The van der Waals surface area contributed by atoms with E-state index in [2.05, 4.69) is 75.3 Å². The molecule has 0 aromatic heterocycles. The van der Waals surface area contributed by atoms with Gasteiger partial charge in [0.05, 0.1) is 0 Å². The van der Waals surface area contributed by atoms with Gasteiger partial charge in [-0.25, -0.2) is 0 Å². The largest absolute Gasteiger partial charge is 0.356 e. The maximum Gasteiger partial charge on any atom is 0.193 e. The molecule has 0 spiro atoms. The number of guanidine groups is 1. The fourth-order valence-corrected chi connectivity index (χ4v) is 4.33. The maximum absolute atomic E-state index is 4.55. The van der Waals surface area contributed by atoms with Gasteiger partial charge < -0.3 is 20.0 Å². The Morgan fingerprint density at radius 3 is 2.31 bits per heavy atom. The molecule has 1 N–H and O–H groups in total. The molecule has 2 heterocycles. The van der Waals surface area contributed by atoms with Crippen molar-refractivity contribution in [3.05, 3.63) is 41.5 Å². The second-order valence-corrected chi connectivity index (χ2v) is 8.47. The molecule has 29 heavy (non-hydrogen) atoms. The zero-order chi connectivity index (χ0) is 20.5. The van der Waals surface area contributed by atoms with Crippen LogP contribution in [-0.2, 0) is 0 Å². The number of benzene rings is 1. The Balaban J connectivity index is 1.40. The summed E-state index contributed by atoms with van der Waals surface area (Å²) in [7, 11) is 1.91. The first-order chi connectivity index (χ1) is 14.2. The van der Waals surface area contributed by atoms with E-state index >= 15 is 0 Å². The second-order valence-electron chi connectivity index (χ2n) is 8.47. The predicted molar refractivity (Wildman–Crippen MR) is 124 cm³/mol. The van der Waals surface area contributed by atoms with Crippen molar-refractivity contribution in [2.75, 3.05) is 66.0 Å². The fraction of sp³-hybridized carbons (Fsp3) is 0.625. The molecule has 0 bridgehead atoms. The van der Waals surface area contributed by atoms with Crippen molar-refractivity contribution in [2.45, 2.75) is 26.7 Å². The van der Waals surface area contributed by atoms with Crippen LogP contribution in [0.2, 0.25) is 0 Å². The number of aliphatic imine (C=N–C) groups is 1. The van der Waals surface area contributed by atoms with E-state index in [4.69, 9.17) is 0 Å². The number of piperidine rings is 1. The maximum atomic E-state index is 4.55. The lowest BCUT2D eigenvalue weighted by Crippen LogP contribution is -2.49. The summed E-state index contributed by atoms with van der Waals surface area (Å²) < 4.78 is 0. The number of hydrogen-bond donors (Lipinski definition) is 1. The lowest BCUT2D eigenvalue weighted by molar-refractivity contribution is 0.124. The van der Waals surface area contributed by atoms with Crippen LogP contribution in [0.25, 0.3) is 6.08 Å². The highest BCUT2D eigenvalue weighted by atomic mass is 15.3. The van der Waals surface area contributed by atoms with E-state index in [1.54, 1.807) is 5.57 Å². The lowest BCUT2D eigenvalue weighted by atomic mass is 10.0. The lowest BCUT2D eigenvalue weighted by Gasteiger charge is -2.36. The van der Waals surface area contributed by atoms with Gasteiger partial charge in [-0.05, 0) is 30.9 Å². The number of hydrogen-bond acceptors (Lipinski definition) is 3. The molecule has 1 atom stereocenters. The van der Waals surface area contributed by atoms with Crippen molar-refractivity contribution in [1.82, 2.24) is 20.0 Å². The van der Waals surface area contributed by atoms with E-state index in [0.717, 1.165) is 38.4 Å². The van der Waals surface area contributed by atoms with E-state index in [1.165, 1.54) is 44.8 Å². The zero-order valence-corrected chi connectivity index (χ0v) is 18.6. The third kappa shape index (κ3) is 6.86. The van der Waals surface area contributed by atoms with Crippen LogP contribution in [0.5, 0.6) is 0 Å². The van der Waals surface area contributed by atoms with Crippen LogP contribution in [-0.4, -0.2) is 86.6 Å². The number of piperazine rings is 1. The van der Waals surface area contributed by atoms with Crippen molar-refractivity contribution in [3.8, 4) is 0 Å². The second kappa shape index (κ2) is 11.4. The number of rotatable bonds is 6. The minimum Gasteiger partial charge on any atom is -0.356 e. The van der Waals surface area contributed by atoms with Crippen molar-refractivity contribution in [3.63, 3.8) is 0 Å². The summed E-state index contributed by atoms with van der Waals surface area (Å²) >= 11 is 0. The van der Waals surface area contributed by atoms with Crippen LogP contribution in [0.4, 0.5) is 0 Å². The van der Waals surface area contributed by atoms with Crippen LogP contribution >= 0.6 is 0 Å². The first kappa shape index (κ1) is 21.8. The van der Waals surface area contributed by atoms with Crippen molar-refractivity contribution in [1.29, 1.82) is 0 Å². The molecular formula is C24H39N5. The summed E-state index contributed by atoms with van der Waals surface area (Å²) in [6.07, 6.45) is 4.59. The van der Waals surface area contributed by atoms with Gasteiger partial charge in [0.25, 0.3) is 0 Å². The molecular weight excluding hydrogens is 358 g/mol. The van der Waals surface area contributed by atoms with Gasteiger partial charge in [0.2, 0.25) is 0 Å². The Morgan fingerprint density at radius 1 is 1.03 bits per heavy atom. The zero-order valence-electron chi connectivity index (χ0n) is 18.6. The quantitative estimate of drug-likeness (QED) is 0.591. The molecule has 1 aromatic carbocycles. The Kier molecular flexibility index (Phi) is 8.56. The van der Waals surface area contributed by atoms with E-state index < -0.39 is 0 Å². The van der Waals surface area contributed by atoms with Gasteiger partial charge in [-0.15, -0.1) is 0 Å². The highest BCUT2D eigenvalue weighted by Crippen LogP contribution is 2.19. The Bertz CT molecular complexity index is 651. The molecule has 5 heteroatoms. The van der Waals surface area contributed by atoms with Gasteiger partial charge in [-0.3, -0.25) is 4.99 Å². The SMILES string of the molecule is CCN1CCN(CC(C)CNC(=NC)N2CCC(=Cc3ccccc3)CC2)CC1. The van der Waals surface area contributed by atoms with E-state index in [9.17, 15) is 0 Å². The van der Waals surface area contributed by atoms with Crippen molar-refractivity contribution >= 4 is 12.0 Å². The summed E-state index contributed by atoms with van der Waals surface area (Å²) in [6, 6.07) is 10.7. The topological polar surface area (TPSA) is 34.1 Å². The van der Waals surface area contributed by atoms with Gasteiger partial charge in [0, 0.05) is 59.4 Å². The molecule has 2 saturated heterocycles. The van der Waals surface area contributed by atoms with Gasteiger partial charge in [0.15, 0.2) is 5.96 Å². The first-order valence-electron chi connectivity index (χ1n) is 11.3. The molecule has 0 amide bonds. The van der Waals surface area contributed by atoms with E-state index in [0.29, 0.717) is 5.92 Å². The number of likely N-dealkylation sites (N-methyl/N-ethyl adjacent to an activating group) is 1. The molecule has 1 aromatic rings. The summed E-state index contributed by atoms with van der Waals surface area (Å²) in [5.74, 6) is 1.68. The summed E-state index contributed by atoms with van der Waals surface area (Å²) in [4.78, 5) is 12.1. The number of likely N-dealkylation sites (tertiary alicyclic amines) is 1. The smallest absolute Gasteiger partial charge is 0.193 e. The summed E-state index contributed by atoms with van der Waals surface area (Å²) in [6.45, 7) is 14.9. The molecule has 2 aliphatic rings. The van der Waals surface area contributed by atoms with Crippen LogP contribution in [0, 0.1) is 5.92 Å². The number of nitrogens with zero attached hydrogens (tertiary/aromatic N) is 4. The normalized spacial score (nSPS) is 20.6.